The summed E-state index contributed by atoms with van der Waals surface area (Å²) in [6.07, 6.45) is 3.74. The summed E-state index contributed by atoms with van der Waals surface area (Å²) >= 11 is 1.40. The highest BCUT2D eigenvalue weighted by atomic mass is 32.2. The predicted octanol–water partition coefficient (Wildman–Crippen LogP) is 3.37. The van der Waals surface area contributed by atoms with Crippen molar-refractivity contribution in [1.29, 1.82) is 0 Å². The van der Waals surface area contributed by atoms with E-state index in [0.717, 1.165) is 24.2 Å². The second kappa shape index (κ2) is 8.10. The lowest BCUT2D eigenvalue weighted by Crippen LogP contribution is -2.34. The number of methoxy groups -OCH3 is 1. The van der Waals surface area contributed by atoms with Gasteiger partial charge in [0.05, 0.1) is 19.1 Å². The van der Waals surface area contributed by atoms with Gasteiger partial charge in [-0.05, 0) is 42.7 Å². The Balaban J connectivity index is 1.40. The van der Waals surface area contributed by atoms with Crippen LogP contribution in [0.1, 0.15) is 18.4 Å². The van der Waals surface area contributed by atoms with E-state index < -0.39 is 0 Å². The Bertz CT molecular complexity index is 933. The zero-order valence-electron chi connectivity index (χ0n) is 15.9. The van der Waals surface area contributed by atoms with Crippen LogP contribution in [0.25, 0.3) is 11.6 Å². The summed E-state index contributed by atoms with van der Waals surface area (Å²) in [4.78, 5) is 14.8. The minimum Gasteiger partial charge on any atom is -0.497 e. The number of furan rings is 1. The smallest absolute Gasteiger partial charge is 0.233 e. The molecule has 3 aromatic rings. The molecule has 1 amide bonds. The van der Waals surface area contributed by atoms with Crippen LogP contribution in [-0.4, -0.2) is 44.5 Å². The Morgan fingerprint density at radius 1 is 1.29 bits per heavy atom. The molecule has 4 rings (SSSR count). The van der Waals surface area contributed by atoms with Crippen molar-refractivity contribution >= 4 is 17.7 Å². The van der Waals surface area contributed by atoms with Gasteiger partial charge < -0.3 is 18.6 Å². The number of carbonyl (C=O) groups is 1. The third-order valence-corrected chi connectivity index (χ3v) is 5.73. The minimum absolute atomic E-state index is 0.117. The van der Waals surface area contributed by atoms with Gasteiger partial charge in [-0.15, -0.1) is 10.2 Å². The molecule has 0 bridgehead atoms. The lowest BCUT2D eigenvalue weighted by Gasteiger charge is -2.22. The third-order valence-electron chi connectivity index (χ3n) is 4.72. The molecule has 1 saturated carbocycles. The van der Waals surface area contributed by atoms with E-state index in [1.165, 1.54) is 11.8 Å². The number of hydrogen-bond acceptors (Lipinski definition) is 6. The number of amides is 1. The summed E-state index contributed by atoms with van der Waals surface area (Å²) in [5, 5.41) is 9.07. The van der Waals surface area contributed by atoms with Gasteiger partial charge in [-0.3, -0.25) is 4.79 Å². The number of nitrogens with zero attached hydrogens (tertiary/aromatic N) is 4. The average molecular weight is 398 g/mol. The maximum absolute atomic E-state index is 12.9. The van der Waals surface area contributed by atoms with Gasteiger partial charge >= 0.3 is 0 Å². The molecule has 0 atom stereocenters. The molecule has 146 valence electrons. The van der Waals surface area contributed by atoms with E-state index in [4.69, 9.17) is 9.15 Å². The fourth-order valence-electron chi connectivity index (χ4n) is 3.00. The first-order valence-corrected chi connectivity index (χ1v) is 10.1. The van der Waals surface area contributed by atoms with Gasteiger partial charge in [0.25, 0.3) is 0 Å². The van der Waals surface area contributed by atoms with E-state index in [9.17, 15) is 4.79 Å². The molecule has 0 unspecified atom stereocenters. The van der Waals surface area contributed by atoms with Crippen molar-refractivity contribution in [3.63, 3.8) is 0 Å². The van der Waals surface area contributed by atoms with Gasteiger partial charge in [0.1, 0.15) is 5.75 Å². The van der Waals surface area contributed by atoms with Crippen LogP contribution in [0, 0.1) is 0 Å². The number of ether oxygens (including phenoxy) is 1. The fourth-order valence-corrected chi connectivity index (χ4v) is 3.80. The first kappa shape index (κ1) is 18.6. The van der Waals surface area contributed by atoms with Gasteiger partial charge in [0.15, 0.2) is 16.7 Å². The quantitative estimate of drug-likeness (QED) is 0.542. The second-order valence-electron chi connectivity index (χ2n) is 6.73. The molecule has 0 N–H and O–H groups in total. The number of benzene rings is 1. The summed E-state index contributed by atoms with van der Waals surface area (Å²) in [6, 6.07) is 11.9. The number of hydrogen-bond donors (Lipinski definition) is 0. The van der Waals surface area contributed by atoms with Crippen molar-refractivity contribution < 1.29 is 13.9 Å². The summed E-state index contributed by atoms with van der Waals surface area (Å²) < 4.78 is 12.4. The SMILES string of the molecule is COc1ccc(CN(C(=O)CSc2nnc(-c3ccco3)n2C)C2CC2)cc1. The van der Waals surface area contributed by atoms with Crippen molar-refractivity contribution in [2.75, 3.05) is 12.9 Å². The molecule has 8 heteroatoms. The van der Waals surface area contributed by atoms with Crippen molar-refractivity contribution in [3.05, 3.63) is 48.2 Å². The van der Waals surface area contributed by atoms with Crippen molar-refractivity contribution in [2.45, 2.75) is 30.6 Å². The average Bonchev–Trinajstić information content (AvgIpc) is 3.28. The van der Waals surface area contributed by atoms with Gasteiger partial charge in [-0.1, -0.05) is 23.9 Å². The van der Waals surface area contributed by atoms with Crippen LogP contribution in [-0.2, 0) is 18.4 Å². The number of aromatic nitrogens is 3. The molecule has 1 fully saturated rings. The topological polar surface area (TPSA) is 73.4 Å². The summed E-state index contributed by atoms with van der Waals surface area (Å²) in [7, 11) is 3.52. The number of thioether (sulfide) groups is 1. The Morgan fingerprint density at radius 2 is 2.07 bits per heavy atom. The van der Waals surface area contributed by atoms with Crippen molar-refractivity contribution in [1.82, 2.24) is 19.7 Å². The first-order chi connectivity index (χ1) is 13.7. The van der Waals surface area contributed by atoms with Crippen LogP contribution in [0.5, 0.6) is 5.75 Å². The number of carbonyl (C=O) groups excluding carboxylic acids is 1. The summed E-state index contributed by atoms with van der Waals surface area (Å²) in [6.45, 7) is 0.616. The second-order valence-corrected chi connectivity index (χ2v) is 7.67. The Hall–Kier alpha value is -2.74. The highest BCUT2D eigenvalue weighted by Gasteiger charge is 2.32. The van der Waals surface area contributed by atoms with Gasteiger partial charge in [-0.2, -0.15) is 0 Å². The van der Waals surface area contributed by atoms with Gasteiger partial charge in [-0.25, -0.2) is 0 Å². The molecule has 7 nitrogen and oxygen atoms in total. The number of rotatable bonds is 8. The van der Waals surface area contributed by atoms with Gasteiger partial charge in [0, 0.05) is 19.6 Å². The van der Waals surface area contributed by atoms with Gasteiger partial charge in [0.2, 0.25) is 5.91 Å². The molecule has 0 spiro atoms. The zero-order valence-corrected chi connectivity index (χ0v) is 16.7. The van der Waals surface area contributed by atoms with Crippen LogP contribution in [0.3, 0.4) is 0 Å². The van der Waals surface area contributed by atoms with Crippen LogP contribution >= 0.6 is 11.8 Å². The lowest BCUT2D eigenvalue weighted by molar-refractivity contribution is -0.129. The molecule has 0 aliphatic heterocycles. The summed E-state index contributed by atoms with van der Waals surface area (Å²) in [5.41, 5.74) is 1.10. The van der Waals surface area contributed by atoms with Crippen LogP contribution in [0.15, 0.2) is 52.2 Å². The predicted molar refractivity (Wildman–Crippen MR) is 106 cm³/mol. The van der Waals surface area contributed by atoms with Crippen LogP contribution in [0.2, 0.25) is 0 Å². The van der Waals surface area contributed by atoms with E-state index in [0.29, 0.717) is 35.1 Å². The standard InChI is InChI=1S/C20H22N4O3S/c1-23-19(17-4-3-11-27-17)21-22-20(23)28-13-18(25)24(15-7-8-15)12-14-5-9-16(26-2)10-6-14/h3-6,9-11,15H,7-8,12-13H2,1-2H3. The molecular formula is C20H22N4O3S. The van der Waals surface area contributed by atoms with Crippen LogP contribution in [0.4, 0.5) is 0 Å². The fraction of sp³-hybridized carbons (Fsp3) is 0.350. The van der Waals surface area contributed by atoms with Crippen molar-refractivity contribution in [3.8, 4) is 17.3 Å². The molecule has 28 heavy (non-hydrogen) atoms. The van der Waals surface area contributed by atoms with E-state index in [1.807, 2.05) is 52.9 Å². The zero-order chi connectivity index (χ0) is 19.5. The lowest BCUT2D eigenvalue weighted by atomic mass is 10.2. The van der Waals surface area contributed by atoms with E-state index in [2.05, 4.69) is 10.2 Å². The van der Waals surface area contributed by atoms with E-state index >= 15 is 0 Å². The summed E-state index contributed by atoms with van der Waals surface area (Å²) in [5.74, 6) is 2.57. The van der Waals surface area contributed by atoms with Crippen LogP contribution < -0.4 is 4.74 Å². The normalized spacial score (nSPS) is 13.5. The Morgan fingerprint density at radius 3 is 2.71 bits per heavy atom. The highest BCUT2D eigenvalue weighted by molar-refractivity contribution is 7.99. The third kappa shape index (κ3) is 4.06. The molecule has 1 aliphatic carbocycles. The molecule has 1 aromatic carbocycles. The molecule has 2 heterocycles. The molecule has 1 aliphatic rings. The molecule has 0 radical (unpaired) electrons. The van der Waals surface area contributed by atoms with Crippen molar-refractivity contribution in [2.24, 2.45) is 7.05 Å². The van der Waals surface area contributed by atoms with E-state index in [-0.39, 0.29) is 5.91 Å². The highest BCUT2D eigenvalue weighted by Crippen LogP contribution is 2.30. The largest absolute Gasteiger partial charge is 0.497 e. The maximum Gasteiger partial charge on any atom is 0.233 e. The maximum atomic E-state index is 12.9. The van der Waals surface area contributed by atoms with E-state index in [1.54, 1.807) is 13.4 Å². The minimum atomic E-state index is 0.117. The Kier molecular flexibility index (Phi) is 5.38. The first-order valence-electron chi connectivity index (χ1n) is 9.14. The molecule has 0 saturated heterocycles. The molecule has 2 aromatic heterocycles. The monoisotopic (exact) mass is 398 g/mol. The Labute approximate surface area is 167 Å². The molecular weight excluding hydrogens is 376 g/mol.